The average molecular weight is 456 g/mol. The van der Waals surface area contributed by atoms with Crippen molar-refractivity contribution in [1.82, 2.24) is 14.7 Å². The van der Waals surface area contributed by atoms with E-state index >= 15 is 0 Å². The fourth-order valence-corrected chi connectivity index (χ4v) is 4.21. The van der Waals surface area contributed by atoms with Crippen molar-refractivity contribution in [2.75, 3.05) is 49.6 Å². The molecule has 2 heterocycles. The van der Waals surface area contributed by atoms with Gasteiger partial charge in [-0.2, -0.15) is 0 Å². The Morgan fingerprint density at radius 2 is 1.66 bits per heavy atom. The monoisotopic (exact) mass is 455 g/mol. The van der Waals surface area contributed by atoms with E-state index in [0.29, 0.717) is 37.1 Å². The van der Waals surface area contributed by atoms with Crippen LogP contribution in [-0.2, 0) is 14.8 Å². The van der Waals surface area contributed by atoms with Gasteiger partial charge in [-0.3, -0.25) is 0 Å². The highest BCUT2D eigenvalue weighted by molar-refractivity contribution is 7.89. The number of hydrogen-bond donors (Lipinski definition) is 2. The zero-order valence-electron chi connectivity index (χ0n) is 17.5. The predicted octanol–water partition coefficient (Wildman–Crippen LogP) is 2.50. The Morgan fingerprint density at radius 1 is 0.938 bits per heavy atom. The number of sulfonamides is 1. The Labute approximate surface area is 187 Å². The summed E-state index contributed by atoms with van der Waals surface area (Å²) in [5, 5.41) is 3.13. The van der Waals surface area contributed by atoms with Gasteiger partial charge < -0.3 is 19.7 Å². The lowest BCUT2D eigenvalue weighted by molar-refractivity contribution is 0.122. The lowest BCUT2D eigenvalue weighted by Gasteiger charge is -2.27. The topological polar surface area (TPSA) is 106 Å². The Hall–Kier alpha value is -3.21. The number of aromatic nitrogens is 2. The van der Waals surface area contributed by atoms with Gasteiger partial charge in [-0.25, -0.2) is 23.1 Å². The number of benzene rings is 2. The van der Waals surface area contributed by atoms with E-state index in [1.54, 1.807) is 12.1 Å². The largest absolute Gasteiger partial charge is 0.457 e. The molecule has 3 aromatic rings. The zero-order valence-corrected chi connectivity index (χ0v) is 18.3. The number of nitrogens with zero attached hydrogens (tertiary/aromatic N) is 3. The van der Waals surface area contributed by atoms with E-state index in [4.69, 9.17) is 9.47 Å². The van der Waals surface area contributed by atoms with E-state index in [0.717, 1.165) is 18.9 Å². The molecular weight excluding hydrogens is 430 g/mol. The molecule has 32 heavy (non-hydrogen) atoms. The number of ether oxygens (including phenoxy) is 2. The summed E-state index contributed by atoms with van der Waals surface area (Å²) in [6, 6.07) is 17.5. The van der Waals surface area contributed by atoms with Gasteiger partial charge in [-0.1, -0.05) is 18.2 Å². The molecule has 10 heteroatoms. The lowest BCUT2D eigenvalue weighted by Crippen LogP contribution is -2.36. The lowest BCUT2D eigenvalue weighted by atomic mass is 10.3. The normalized spacial score (nSPS) is 14.2. The highest BCUT2D eigenvalue weighted by Crippen LogP contribution is 2.22. The predicted molar refractivity (Wildman–Crippen MR) is 122 cm³/mol. The molecule has 2 N–H and O–H groups in total. The fraction of sp³-hybridized carbons (Fsp3) is 0.273. The molecule has 2 aromatic carbocycles. The summed E-state index contributed by atoms with van der Waals surface area (Å²) in [6.45, 7) is 3.51. The second-order valence-electron chi connectivity index (χ2n) is 7.07. The molecule has 0 amide bonds. The van der Waals surface area contributed by atoms with Crippen molar-refractivity contribution in [1.29, 1.82) is 0 Å². The minimum Gasteiger partial charge on any atom is -0.457 e. The van der Waals surface area contributed by atoms with Crippen molar-refractivity contribution >= 4 is 21.7 Å². The van der Waals surface area contributed by atoms with E-state index in [2.05, 4.69) is 24.9 Å². The molecule has 1 aliphatic heterocycles. The third kappa shape index (κ3) is 5.94. The molecule has 9 nitrogen and oxygen atoms in total. The van der Waals surface area contributed by atoms with Crippen LogP contribution in [0.1, 0.15) is 0 Å². The number of para-hydroxylation sites is 1. The van der Waals surface area contributed by atoms with E-state index in [9.17, 15) is 8.42 Å². The number of morpholine rings is 1. The molecule has 0 spiro atoms. The minimum absolute atomic E-state index is 0.176. The summed E-state index contributed by atoms with van der Waals surface area (Å²) in [4.78, 5) is 10.8. The maximum atomic E-state index is 12.5. The Balaban J connectivity index is 1.27. The summed E-state index contributed by atoms with van der Waals surface area (Å²) >= 11 is 0. The molecule has 0 atom stereocenters. The zero-order chi connectivity index (χ0) is 22.2. The van der Waals surface area contributed by atoms with Gasteiger partial charge in [0.1, 0.15) is 29.5 Å². The van der Waals surface area contributed by atoms with Gasteiger partial charge in [0, 0.05) is 32.2 Å². The van der Waals surface area contributed by atoms with Gasteiger partial charge >= 0.3 is 0 Å². The van der Waals surface area contributed by atoms with Crippen LogP contribution in [0, 0.1) is 0 Å². The van der Waals surface area contributed by atoms with Gasteiger partial charge in [0.15, 0.2) is 0 Å². The van der Waals surface area contributed by atoms with Crippen molar-refractivity contribution in [3.8, 4) is 11.5 Å². The summed E-state index contributed by atoms with van der Waals surface area (Å²) < 4.78 is 38.7. The first-order chi connectivity index (χ1) is 15.6. The second-order valence-corrected chi connectivity index (χ2v) is 8.84. The molecule has 1 saturated heterocycles. The molecule has 0 aliphatic carbocycles. The maximum absolute atomic E-state index is 12.5. The van der Waals surface area contributed by atoms with Crippen molar-refractivity contribution < 1.29 is 17.9 Å². The van der Waals surface area contributed by atoms with Gasteiger partial charge in [-0.15, -0.1) is 0 Å². The second kappa shape index (κ2) is 10.4. The fourth-order valence-electron chi connectivity index (χ4n) is 3.18. The van der Waals surface area contributed by atoms with Crippen LogP contribution in [0.25, 0.3) is 0 Å². The molecule has 1 aliphatic rings. The van der Waals surface area contributed by atoms with Crippen LogP contribution < -0.4 is 19.7 Å². The highest BCUT2D eigenvalue weighted by atomic mass is 32.2. The number of anilines is 2. The van der Waals surface area contributed by atoms with Gasteiger partial charge in [0.05, 0.1) is 18.1 Å². The number of nitrogens with one attached hydrogen (secondary N) is 2. The Bertz CT molecular complexity index is 1100. The maximum Gasteiger partial charge on any atom is 0.240 e. The molecule has 0 bridgehead atoms. The van der Waals surface area contributed by atoms with Crippen LogP contribution in [-0.4, -0.2) is 57.8 Å². The standard InChI is InChI=1S/C22H25N5O4S/c28-32(29,20-8-6-19(7-9-20)31-18-4-2-1-3-5-18)26-11-10-23-21-16-22(25-17-24-21)27-12-14-30-15-13-27/h1-9,16-17,26H,10-15H2,(H,23,24,25). The Morgan fingerprint density at radius 3 is 2.41 bits per heavy atom. The van der Waals surface area contributed by atoms with Crippen LogP contribution >= 0.6 is 0 Å². The van der Waals surface area contributed by atoms with Crippen LogP contribution in [0.5, 0.6) is 11.5 Å². The van der Waals surface area contributed by atoms with Crippen LogP contribution in [0.2, 0.25) is 0 Å². The Kier molecular flexibility index (Phi) is 7.15. The molecule has 0 radical (unpaired) electrons. The molecule has 168 valence electrons. The first-order valence-electron chi connectivity index (χ1n) is 10.3. The number of rotatable bonds is 9. The average Bonchev–Trinajstić information content (AvgIpc) is 2.84. The van der Waals surface area contributed by atoms with Crippen molar-refractivity contribution in [3.05, 3.63) is 67.0 Å². The molecular formula is C22H25N5O4S. The molecule has 1 aromatic heterocycles. The molecule has 4 rings (SSSR count). The molecule has 0 unspecified atom stereocenters. The van der Waals surface area contributed by atoms with Crippen molar-refractivity contribution in [2.45, 2.75) is 4.90 Å². The van der Waals surface area contributed by atoms with Crippen molar-refractivity contribution in [2.24, 2.45) is 0 Å². The summed E-state index contributed by atoms with van der Waals surface area (Å²) in [6.07, 6.45) is 1.50. The molecule has 0 saturated carbocycles. The minimum atomic E-state index is -3.63. The third-order valence-corrected chi connectivity index (χ3v) is 6.30. The van der Waals surface area contributed by atoms with Gasteiger partial charge in [0.2, 0.25) is 10.0 Å². The summed E-state index contributed by atoms with van der Waals surface area (Å²) in [5.41, 5.74) is 0. The smallest absolute Gasteiger partial charge is 0.240 e. The number of hydrogen-bond acceptors (Lipinski definition) is 8. The van der Waals surface area contributed by atoms with Gasteiger partial charge in [-0.05, 0) is 36.4 Å². The first-order valence-corrected chi connectivity index (χ1v) is 11.8. The van der Waals surface area contributed by atoms with Gasteiger partial charge in [0.25, 0.3) is 0 Å². The van der Waals surface area contributed by atoms with Crippen LogP contribution in [0.15, 0.2) is 71.9 Å². The SMILES string of the molecule is O=S(=O)(NCCNc1cc(N2CCOCC2)ncn1)c1ccc(Oc2ccccc2)cc1. The van der Waals surface area contributed by atoms with E-state index in [1.165, 1.54) is 18.5 Å². The summed E-state index contributed by atoms with van der Waals surface area (Å²) in [5.74, 6) is 2.72. The van der Waals surface area contributed by atoms with Crippen LogP contribution in [0.4, 0.5) is 11.6 Å². The van der Waals surface area contributed by atoms with E-state index in [1.807, 2.05) is 36.4 Å². The quantitative estimate of drug-likeness (QED) is 0.474. The third-order valence-electron chi connectivity index (χ3n) is 4.82. The molecule has 1 fully saturated rings. The van der Waals surface area contributed by atoms with E-state index < -0.39 is 10.0 Å². The summed E-state index contributed by atoms with van der Waals surface area (Å²) in [7, 11) is -3.63. The highest BCUT2D eigenvalue weighted by Gasteiger charge is 2.15. The van der Waals surface area contributed by atoms with Crippen molar-refractivity contribution in [3.63, 3.8) is 0 Å². The van der Waals surface area contributed by atoms with Crippen LogP contribution in [0.3, 0.4) is 0 Å². The first kappa shape index (κ1) is 22.0. The van der Waals surface area contributed by atoms with E-state index in [-0.39, 0.29) is 11.4 Å².